The number of rotatable bonds is 10. The maximum atomic E-state index is 5.67. The summed E-state index contributed by atoms with van der Waals surface area (Å²) in [6.45, 7) is 12.2. The molecule has 0 aromatic rings. The molecule has 10 heteroatoms. The molecule has 3 aliphatic heterocycles. The zero-order valence-corrected chi connectivity index (χ0v) is 25.1. The molecule has 10 nitrogen and oxygen atoms in total. The van der Waals surface area contributed by atoms with Crippen LogP contribution in [0, 0.1) is 11.8 Å². The molecule has 37 heavy (non-hydrogen) atoms. The summed E-state index contributed by atoms with van der Waals surface area (Å²) in [5, 5.41) is 0. The Balaban J connectivity index is 0.000000278. The van der Waals surface area contributed by atoms with Crippen molar-refractivity contribution in [3.05, 3.63) is 0 Å². The number of ether oxygens (including phenoxy) is 10. The molecule has 0 amide bonds. The molecule has 0 radical (unpaired) electrons. The summed E-state index contributed by atoms with van der Waals surface area (Å²) >= 11 is 0. The summed E-state index contributed by atoms with van der Waals surface area (Å²) in [4.78, 5) is 0. The van der Waals surface area contributed by atoms with Crippen molar-refractivity contribution < 1.29 is 47.4 Å². The molecule has 3 fully saturated rings. The molecule has 3 heterocycles. The molecule has 3 saturated heterocycles. The Morgan fingerprint density at radius 3 is 1.00 bits per heavy atom. The lowest BCUT2D eigenvalue weighted by Gasteiger charge is -2.20. The van der Waals surface area contributed by atoms with Gasteiger partial charge in [0, 0.05) is 61.6 Å². The van der Waals surface area contributed by atoms with Gasteiger partial charge in [0.25, 0.3) is 0 Å². The molecule has 0 saturated carbocycles. The van der Waals surface area contributed by atoms with Crippen molar-refractivity contribution in [3.63, 3.8) is 0 Å². The molecule has 222 valence electrons. The van der Waals surface area contributed by atoms with E-state index < -0.39 is 0 Å². The first-order valence-corrected chi connectivity index (χ1v) is 13.2. The first-order valence-electron chi connectivity index (χ1n) is 13.2. The van der Waals surface area contributed by atoms with E-state index in [1.54, 1.807) is 49.8 Å². The van der Waals surface area contributed by atoms with Gasteiger partial charge in [-0.1, -0.05) is 13.8 Å². The molecule has 12 atom stereocenters. The van der Waals surface area contributed by atoms with Gasteiger partial charge in [-0.15, -0.1) is 0 Å². The lowest BCUT2D eigenvalue weighted by molar-refractivity contribution is -0.0471. The van der Waals surface area contributed by atoms with Crippen LogP contribution in [0.25, 0.3) is 0 Å². The van der Waals surface area contributed by atoms with Gasteiger partial charge in [-0.2, -0.15) is 0 Å². The third-order valence-corrected chi connectivity index (χ3v) is 7.65. The van der Waals surface area contributed by atoms with Gasteiger partial charge in [-0.05, 0) is 20.8 Å². The summed E-state index contributed by atoms with van der Waals surface area (Å²) in [5.41, 5.74) is 0. The van der Waals surface area contributed by atoms with E-state index in [2.05, 4.69) is 27.7 Å². The van der Waals surface area contributed by atoms with E-state index in [1.807, 2.05) is 6.92 Å². The predicted molar refractivity (Wildman–Crippen MR) is 140 cm³/mol. The van der Waals surface area contributed by atoms with E-state index in [0.29, 0.717) is 31.7 Å². The van der Waals surface area contributed by atoms with Crippen LogP contribution in [0.2, 0.25) is 0 Å². The third kappa shape index (κ3) is 9.63. The van der Waals surface area contributed by atoms with Gasteiger partial charge in [0.15, 0.2) is 0 Å². The van der Waals surface area contributed by atoms with Gasteiger partial charge in [-0.25, -0.2) is 0 Å². The topological polar surface area (TPSA) is 92.3 Å². The van der Waals surface area contributed by atoms with Crippen LogP contribution < -0.4 is 0 Å². The van der Waals surface area contributed by atoms with Crippen molar-refractivity contribution in [2.75, 3.05) is 69.6 Å². The molecule has 0 bridgehead atoms. The van der Waals surface area contributed by atoms with Gasteiger partial charge in [0.2, 0.25) is 0 Å². The van der Waals surface area contributed by atoms with Crippen molar-refractivity contribution in [2.24, 2.45) is 11.8 Å². The minimum Gasteiger partial charge on any atom is -0.382 e. The fourth-order valence-electron chi connectivity index (χ4n) is 5.31. The highest BCUT2D eigenvalue weighted by atomic mass is 16.6. The van der Waals surface area contributed by atoms with Crippen molar-refractivity contribution in [3.8, 4) is 0 Å². The van der Waals surface area contributed by atoms with Crippen LogP contribution in [0.4, 0.5) is 0 Å². The summed E-state index contributed by atoms with van der Waals surface area (Å²) in [6, 6.07) is 0. The quantitative estimate of drug-likeness (QED) is 0.413. The zero-order chi connectivity index (χ0) is 28.1. The Hall–Kier alpha value is -0.400. The van der Waals surface area contributed by atoms with E-state index >= 15 is 0 Å². The average Bonchev–Trinajstić information content (AvgIpc) is 3.44. The Labute approximate surface area is 224 Å². The van der Waals surface area contributed by atoms with Crippen molar-refractivity contribution in [2.45, 2.75) is 95.7 Å². The molecule has 6 unspecified atom stereocenters. The van der Waals surface area contributed by atoms with Crippen LogP contribution >= 0.6 is 0 Å². The minimum atomic E-state index is -0.0278. The van der Waals surface area contributed by atoms with Gasteiger partial charge in [0.05, 0.1) is 50.3 Å². The van der Waals surface area contributed by atoms with Crippen LogP contribution in [0.15, 0.2) is 0 Å². The average molecular weight is 539 g/mol. The van der Waals surface area contributed by atoms with Gasteiger partial charge >= 0.3 is 0 Å². The Bertz CT molecular complexity index is 549. The summed E-state index contributed by atoms with van der Waals surface area (Å²) in [5.74, 6) is 0.908. The Kier molecular flexibility index (Phi) is 16.9. The second-order valence-corrected chi connectivity index (χ2v) is 10.0. The zero-order valence-electron chi connectivity index (χ0n) is 25.1. The molecule has 0 aromatic carbocycles. The van der Waals surface area contributed by atoms with Gasteiger partial charge in [-0.3, -0.25) is 0 Å². The Morgan fingerprint density at radius 2 is 0.703 bits per heavy atom. The maximum absolute atomic E-state index is 5.67. The monoisotopic (exact) mass is 538 g/mol. The molecule has 0 N–H and O–H groups in total. The van der Waals surface area contributed by atoms with Crippen molar-refractivity contribution in [1.29, 1.82) is 0 Å². The van der Waals surface area contributed by atoms with Crippen LogP contribution in [-0.4, -0.2) is 131 Å². The second kappa shape index (κ2) is 18.0. The number of hydrogen-bond donors (Lipinski definition) is 0. The van der Waals surface area contributed by atoms with Gasteiger partial charge in [0.1, 0.15) is 30.5 Å². The Morgan fingerprint density at radius 1 is 0.405 bits per heavy atom. The van der Waals surface area contributed by atoms with Crippen molar-refractivity contribution in [1.82, 2.24) is 0 Å². The predicted octanol–water partition coefficient (Wildman–Crippen LogP) is 2.59. The van der Waals surface area contributed by atoms with Crippen LogP contribution in [-0.2, 0) is 47.4 Å². The highest BCUT2D eigenvalue weighted by Crippen LogP contribution is 2.29. The molecule has 0 aromatic heterocycles. The molecular formula is C27H54O10. The molecular weight excluding hydrogens is 484 g/mol. The minimum absolute atomic E-state index is 0.00477. The first-order chi connectivity index (χ1) is 17.6. The largest absolute Gasteiger partial charge is 0.382 e. The number of hydrogen-bond acceptors (Lipinski definition) is 10. The highest BCUT2D eigenvalue weighted by molar-refractivity contribution is 4.91. The molecule has 3 rings (SSSR count). The lowest BCUT2D eigenvalue weighted by atomic mass is 9.99. The lowest BCUT2D eigenvalue weighted by Crippen LogP contribution is -2.37. The summed E-state index contributed by atoms with van der Waals surface area (Å²) in [6.07, 6.45) is 1.13. The van der Waals surface area contributed by atoms with Crippen LogP contribution in [0.3, 0.4) is 0 Å². The highest BCUT2D eigenvalue weighted by Gasteiger charge is 2.43. The molecule has 0 aliphatic carbocycles. The van der Waals surface area contributed by atoms with E-state index in [4.69, 9.17) is 47.4 Å². The molecule has 0 spiro atoms. The fraction of sp³-hybridized carbons (Fsp3) is 1.00. The maximum Gasteiger partial charge on any atom is 0.114 e. The fourth-order valence-corrected chi connectivity index (χ4v) is 5.31. The van der Waals surface area contributed by atoms with Crippen molar-refractivity contribution >= 4 is 0 Å². The van der Waals surface area contributed by atoms with Crippen LogP contribution in [0.1, 0.15) is 34.6 Å². The normalized spacial score (nSPS) is 41.2. The summed E-state index contributed by atoms with van der Waals surface area (Å²) < 4.78 is 53.4. The van der Waals surface area contributed by atoms with Crippen LogP contribution in [0.5, 0.6) is 0 Å². The standard InChI is InChI=1S/C9H18O4.2C9H18O3/c1-6-8(11-3)9(12-4)7(13-6)5-10-2;2*1-6-7(2)12-8(5-10-3)9(6)11-4/h6-9H,5H2,1-4H3;2*6-9H,5H2,1-4H3/t6-,7+,8?,9?;2*6?,7-,8+,9?/m000/s1. The second-order valence-electron chi connectivity index (χ2n) is 10.0. The van der Waals surface area contributed by atoms with E-state index in [1.165, 1.54) is 0 Å². The van der Waals surface area contributed by atoms with E-state index in [-0.39, 0.29) is 61.0 Å². The SMILES string of the molecule is COC[C@H]1O[C@@H](C)C(C)C1OC.COC[C@H]1O[C@@H](C)C(C)C1OC.COC[C@H]1O[C@@H](C)C(OC)C1OC. The first kappa shape index (κ1) is 34.6. The third-order valence-electron chi connectivity index (χ3n) is 7.65. The number of methoxy groups -OCH3 is 7. The van der Waals surface area contributed by atoms with E-state index in [0.717, 1.165) is 0 Å². The van der Waals surface area contributed by atoms with E-state index in [9.17, 15) is 0 Å². The molecule has 3 aliphatic rings. The van der Waals surface area contributed by atoms with Gasteiger partial charge < -0.3 is 47.4 Å². The summed E-state index contributed by atoms with van der Waals surface area (Å²) in [7, 11) is 11.8. The smallest absolute Gasteiger partial charge is 0.114 e.